The summed E-state index contributed by atoms with van der Waals surface area (Å²) in [6.45, 7) is 9.20. The van der Waals surface area contributed by atoms with Gasteiger partial charge in [0.05, 0.1) is 26.4 Å². The number of hydrogen-bond acceptors (Lipinski definition) is 6. The fourth-order valence-corrected chi connectivity index (χ4v) is 5.44. The zero-order valence-corrected chi connectivity index (χ0v) is 21.1. The first-order valence-corrected chi connectivity index (χ1v) is 12.0. The van der Waals surface area contributed by atoms with Gasteiger partial charge in [-0.3, -0.25) is 4.79 Å². The van der Waals surface area contributed by atoms with Crippen molar-refractivity contribution in [2.75, 3.05) is 26.1 Å². The second-order valence-corrected chi connectivity index (χ2v) is 10.3. The van der Waals surface area contributed by atoms with Gasteiger partial charge < -0.3 is 19.5 Å². The van der Waals surface area contributed by atoms with E-state index in [1.165, 1.54) is 24.5 Å². The quantitative estimate of drug-likeness (QED) is 0.411. The minimum Gasteiger partial charge on any atom is -0.493 e. The number of fused-ring (bicyclic) bond motifs is 1. The molecule has 0 radical (unpaired) electrons. The Morgan fingerprint density at radius 2 is 1.97 bits per heavy atom. The van der Waals surface area contributed by atoms with Crippen molar-refractivity contribution in [2.45, 2.75) is 47.0 Å². The highest BCUT2D eigenvalue weighted by Gasteiger charge is 2.34. The molecule has 1 amide bonds. The van der Waals surface area contributed by atoms with E-state index in [1.54, 1.807) is 13.2 Å². The van der Waals surface area contributed by atoms with Crippen LogP contribution in [0.5, 0.6) is 11.5 Å². The van der Waals surface area contributed by atoms with Crippen LogP contribution < -0.4 is 14.8 Å². The predicted octanol–water partition coefficient (Wildman–Crippen LogP) is 5.74. The molecule has 0 saturated heterocycles. The summed E-state index contributed by atoms with van der Waals surface area (Å²) in [7, 11) is 2.95. The minimum atomic E-state index is -0.405. The third-order valence-electron chi connectivity index (χ3n) is 6.03. The van der Waals surface area contributed by atoms with Gasteiger partial charge in [0.15, 0.2) is 11.5 Å². The molecule has 0 bridgehead atoms. The van der Waals surface area contributed by atoms with E-state index in [-0.39, 0.29) is 11.3 Å². The highest BCUT2D eigenvalue weighted by atomic mass is 32.1. The smallest absolute Gasteiger partial charge is 0.341 e. The lowest BCUT2D eigenvalue weighted by atomic mass is 9.72. The summed E-state index contributed by atoms with van der Waals surface area (Å²) >= 11 is 1.49. The second kappa shape index (κ2) is 10.4. The molecule has 1 heterocycles. The van der Waals surface area contributed by atoms with E-state index in [0.29, 0.717) is 34.6 Å². The summed E-state index contributed by atoms with van der Waals surface area (Å²) in [6, 6.07) is 5.48. The van der Waals surface area contributed by atoms with Crippen LogP contribution in [0.2, 0.25) is 0 Å². The maximum Gasteiger partial charge on any atom is 0.341 e. The van der Waals surface area contributed by atoms with Crippen molar-refractivity contribution in [2.24, 2.45) is 11.3 Å². The number of anilines is 1. The van der Waals surface area contributed by atoms with Gasteiger partial charge in [-0.2, -0.15) is 0 Å². The summed E-state index contributed by atoms with van der Waals surface area (Å²) in [6.07, 6.45) is 5.90. The standard InChI is InChI=1S/C26H33NO5S/c1-7-32-19-12-8-16(14-20(19)30-5)9-13-22(28)27-24-23(25(29)31-6)18-11-10-17(26(2,3)4)15-21(18)33-24/h8-9,12-14,17H,7,10-11,15H2,1-6H3,(H,27,28)/b13-9+. The predicted molar refractivity (Wildman–Crippen MR) is 132 cm³/mol. The van der Waals surface area contributed by atoms with Gasteiger partial charge in [0.25, 0.3) is 0 Å². The third-order valence-corrected chi connectivity index (χ3v) is 7.20. The van der Waals surface area contributed by atoms with Crippen molar-refractivity contribution in [3.63, 3.8) is 0 Å². The highest BCUT2D eigenvalue weighted by molar-refractivity contribution is 7.17. The SMILES string of the molecule is CCOc1ccc(/C=C/C(=O)Nc2sc3c(c2C(=O)OC)CCC(C(C)(C)C)C3)cc1OC. The first-order valence-electron chi connectivity index (χ1n) is 11.2. The first kappa shape index (κ1) is 24.8. The van der Waals surface area contributed by atoms with E-state index in [2.05, 4.69) is 26.1 Å². The maximum absolute atomic E-state index is 12.7. The van der Waals surface area contributed by atoms with Gasteiger partial charge in [0.2, 0.25) is 5.91 Å². The average molecular weight is 472 g/mol. The van der Waals surface area contributed by atoms with E-state index in [0.717, 1.165) is 35.3 Å². The summed E-state index contributed by atoms with van der Waals surface area (Å²) in [4.78, 5) is 26.4. The molecule has 2 aromatic rings. The van der Waals surface area contributed by atoms with Crippen LogP contribution in [0, 0.1) is 11.3 Å². The fraction of sp³-hybridized carbons (Fsp3) is 0.462. The van der Waals surface area contributed by atoms with Gasteiger partial charge in [0, 0.05) is 11.0 Å². The number of benzene rings is 1. The molecular weight excluding hydrogens is 438 g/mol. The van der Waals surface area contributed by atoms with Crippen LogP contribution in [0.15, 0.2) is 24.3 Å². The van der Waals surface area contributed by atoms with Crippen LogP contribution in [0.3, 0.4) is 0 Å². The lowest BCUT2D eigenvalue weighted by molar-refractivity contribution is -0.111. The molecule has 0 fully saturated rings. The van der Waals surface area contributed by atoms with Crippen molar-refractivity contribution >= 4 is 34.3 Å². The van der Waals surface area contributed by atoms with Crippen LogP contribution in [0.1, 0.15) is 60.5 Å². The summed E-state index contributed by atoms with van der Waals surface area (Å²) < 4.78 is 15.9. The maximum atomic E-state index is 12.7. The number of ether oxygens (including phenoxy) is 3. The summed E-state index contributed by atoms with van der Waals surface area (Å²) in [5.74, 6) is 1.08. The van der Waals surface area contributed by atoms with Crippen molar-refractivity contribution in [1.29, 1.82) is 0 Å². The molecule has 1 aliphatic rings. The number of methoxy groups -OCH3 is 2. The summed E-state index contributed by atoms with van der Waals surface area (Å²) in [5, 5.41) is 3.46. The van der Waals surface area contributed by atoms with E-state index < -0.39 is 5.97 Å². The Morgan fingerprint density at radius 3 is 2.61 bits per heavy atom. The van der Waals surface area contributed by atoms with E-state index in [4.69, 9.17) is 14.2 Å². The van der Waals surface area contributed by atoms with Gasteiger partial charge in [-0.25, -0.2) is 4.79 Å². The Morgan fingerprint density at radius 1 is 1.21 bits per heavy atom. The zero-order valence-electron chi connectivity index (χ0n) is 20.2. The average Bonchev–Trinajstić information content (AvgIpc) is 3.14. The van der Waals surface area contributed by atoms with E-state index in [9.17, 15) is 9.59 Å². The van der Waals surface area contributed by atoms with Crippen molar-refractivity contribution in [1.82, 2.24) is 0 Å². The van der Waals surface area contributed by atoms with Crippen LogP contribution in [-0.4, -0.2) is 32.7 Å². The molecule has 0 spiro atoms. The molecule has 7 heteroatoms. The molecule has 0 saturated carbocycles. The molecule has 1 N–H and O–H groups in total. The topological polar surface area (TPSA) is 73.9 Å². The third kappa shape index (κ3) is 5.77. The van der Waals surface area contributed by atoms with E-state index >= 15 is 0 Å². The lowest BCUT2D eigenvalue weighted by Gasteiger charge is -2.33. The Labute approximate surface area is 199 Å². The molecule has 1 aromatic carbocycles. The number of hydrogen-bond donors (Lipinski definition) is 1. The molecule has 3 rings (SSSR count). The molecular formula is C26H33NO5S. The van der Waals surface area contributed by atoms with Crippen LogP contribution >= 0.6 is 11.3 Å². The van der Waals surface area contributed by atoms with Gasteiger partial charge in [-0.15, -0.1) is 11.3 Å². The molecule has 33 heavy (non-hydrogen) atoms. The molecule has 1 aliphatic carbocycles. The van der Waals surface area contributed by atoms with Gasteiger partial charge in [0.1, 0.15) is 5.00 Å². The van der Waals surface area contributed by atoms with Crippen molar-refractivity contribution in [3.05, 3.63) is 45.8 Å². The van der Waals surface area contributed by atoms with Crippen molar-refractivity contribution < 1.29 is 23.8 Å². The number of carbonyl (C=O) groups excluding carboxylic acids is 2. The number of esters is 1. The minimum absolute atomic E-state index is 0.192. The molecule has 178 valence electrons. The molecule has 1 aromatic heterocycles. The number of carbonyl (C=O) groups is 2. The number of nitrogens with one attached hydrogen (secondary N) is 1. The Bertz CT molecular complexity index is 1050. The molecule has 6 nitrogen and oxygen atoms in total. The van der Waals surface area contributed by atoms with Gasteiger partial charge >= 0.3 is 5.97 Å². The Balaban J connectivity index is 1.81. The Hall–Kier alpha value is -2.80. The molecule has 1 unspecified atom stereocenters. The highest BCUT2D eigenvalue weighted by Crippen LogP contribution is 2.44. The van der Waals surface area contributed by atoms with E-state index in [1.807, 2.05) is 25.1 Å². The van der Waals surface area contributed by atoms with Gasteiger partial charge in [-0.1, -0.05) is 26.8 Å². The van der Waals surface area contributed by atoms with Crippen LogP contribution in [0.25, 0.3) is 6.08 Å². The monoisotopic (exact) mass is 471 g/mol. The van der Waals surface area contributed by atoms with Crippen LogP contribution in [-0.2, 0) is 22.4 Å². The van der Waals surface area contributed by atoms with Gasteiger partial charge in [-0.05, 0) is 66.9 Å². The zero-order chi connectivity index (χ0) is 24.2. The number of amides is 1. The summed E-state index contributed by atoms with van der Waals surface area (Å²) in [5.41, 5.74) is 2.51. The van der Waals surface area contributed by atoms with Crippen molar-refractivity contribution in [3.8, 4) is 11.5 Å². The largest absolute Gasteiger partial charge is 0.493 e. The fourth-order valence-electron chi connectivity index (χ4n) is 4.12. The Kier molecular flexibility index (Phi) is 7.84. The first-order chi connectivity index (χ1) is 15.7. The molecule has 0 aliphatic heterocycles. The second-order valence-electron chi connectivity index (χ2n) is 9.17. The lowest BCUT2D eigenvalue weighted by Crippen LogP contribution is -2.26. The van der Waals surface area contributed by atoms with Crippen LogP contribution in [0.4, 0.5) is 5.00 Å². The normalized spacial score (nSPS) is 15.8. The number of thiophene rings is 1. The molecule has 1 atom stereocenters. The number of rotatable bonds is 7.